The molecule has 0 saturated heterocycles. The van der Waals surface area contributed by atoms with Gasteiger partial charge in [-0.05, 0) is 43.2 Å². The second-order valence-corrected chi connectivity index (χ2v) is 6.40. The molecule has 0 spiro atoms. The van der Waals surface area contributed by atoms with Crippen LogP contribution in [0.5, 0.6) is 11.5 Å². The molecule has 3 aromatic rings. The third-order valence-corrected chi connectivity index (χ3v) is 4.42. The molecule has 2 N–H and O–H groups in total. The van der Waals surface area contributed by atoms with E-state index in [2.05, 4.69) is 21.5 Å². The highest BCUT2D eigenvalue weighted by Crippen LogP contribution is 2.39. The Labute approximate surface area is 157 Å². The highest BCUT2D eigenvalue weighted by Gasteiger charge is 2.26. The van der Waals surface area contributed by atoms with Gasteiger partial charge in [0.25, 0.3) is 5.56 Å². The van der Waals surface area contributed by atoms with Gasteiger partial charge in [0.15, 0.2) is 11.5 Å². The summed E-state index contributed by atoms with van der Waals surface area (Å²) in [5.41, 5.74) is 1.02. The molecular weight excluding hydrogens is 372 g/mol. The number of alkyl halides is 2. The number of rotatable bonds is 7. The van der Waals surface area contributed by atoms with Crippen LogP contribution in [0, 0.1) is 0 Å². The van der Waals surface area contributed by atoms with Crippen molar-refractivity contribution in [3.05, 3.63) is 53.5 Å². The molecule has 1 atom stereocenters. The van der Waals surface area contributed by atoms with Gasteiger partial charge in [-0.25, -0.2) is 5.10 Å². The van der Waals surface area contributed by atoms with Crippen LogP contribution in [0.3, 0.4) is 0 Å². The minimum absolute atomic E-state index is 0.0352. The van der Waals surface area contributed by atoms with Crippen molar-refractivity contribution in [2.45, 2.75) is 31.8 Å². The summed E-state index contributed by atoms with van der Waals surface area (Å²) >= 11 is 0. The van der Waals surface area contributed by atoms with E-state index in [1.165, 1.54) is 22.9 Å². The fourth-order valence-corrected chi connectivity index (χ4v) is 3.00. The average molecular weight is 389 g/mol. The second-order valence-electron chi connectivity index (χ2n) is 6.40. The van der Waals surface area contributed by atoms with Crippen molar-refractivity contribution >= 4 is 10.9 Å². The van der Waals surface area contributed by atoms with Crippen molar-refractivity contribution in [3.63, 3.8) is 0 Å². The van der Waals surface area contributed by atoms with Crippen molar-refractivity contribution in [3.8, 4) is 22.8 Å². The predicted molar refractivity (Wildman–Crippen MR) is 97.5 cm³/mol. The lowest BCUT2D eigenvalue weighted by Crippen LogP contribution is -2.10. The van der Waals surface area contributed by atoms with E-state index >= 15 is 0 Å². The maximum absolute atomic E-state index is 12.7. The van der Waals surface area contributed by atoms with Gasteiger partial charge in [-0.15, -0.1) is 0 Å². The van der Waals surface area contributed by atoms with E-state index in [-0.39, 0.29) is 17.6 Å². The molecule has 9 heteroatoms. The molecule has 4 rings (SSSR count). The van der Waals surface area contributed by atoms with E-state index in [9.17, 15) is 18.7 Å². The molecule has 28 heavy (non-hydrogen) atoms. The largest absolute Gasteiger partial charge is 0.487 e. The summed E-state index contributed by atoms with van der Waals surface area (Å²) in [5, 5.41) is 16.8. The van der Waals surface area contributed by atoms with Crippen LogP contribution >= 0.6 is 0 Å². The van der Waals surface area contributed by atoms with Crippen LogP contribution in [0.2, 0.25) is 0 Å². The Morgan fingerprint density at radius 3 is 2.79 bits per heavy atom. The van der Waals surface area contributed by atoms with Gasteiger partial charge in [0.2, 0.25) is 0 Å². The topological polar surface area (TPSA) is 89.4 Å². The Bertz CT molecular complexity index is 1090. The normalized spacial score (nSPS) is 15.0. The summed E-state index contributed by atoms with van der Waals surface area (Å²) in [6, 6.07) is 6.08. The maximum Gasteiger partial charge on any atom is 0.387 e. The third kappa shape index (κ3) is 3.36. The van der Waals surface area contributed by atoms with E-state index in [1.807, 2.05) is 0 Å². The lowest BCUT2D eigenvalue weighted by molar-refractivity contribution is -0.0516. The molecule has 2 heterocycles. The van der Waals surface area contributed by atoms with Crippen molar-refractivity contribution < 1.29 is 23.4 Å². The summed E-state index contributed by atoms with van der Waals surface area (Å²) < 4.78 is 37.2. The molecule has 0 aliphatic heterocycles. The molecular formula is C19H17F2N3O4. The lowest BCUT2D eigenvalue weighted by Gasteiger charge is -2.16. The maximum atomic E-state index is 12.7. The van der Waals surface area contributed by atoms with E-state index in [1.54, 1.807) is 18.2 Å². The van der Waals surface area contributed by atoms with Crippen LogP contribution in [0.4, 0.5) is 8.78 Å². The molecule has 1 aromatic carbocycles. The summed E-state index contributed by atoms with van der Waals surface area (Å²) in [5.74, 6) is 0.106. The first-order valence-electron chi connectivity index (χ1n) is 8.63. The predicted octanol–water partition coefficient (Wildman–Crippen LogP) is 3.21. The smallest absolute Gasteiger partial charge is 0.387 e. The van der Waals surface area contributed by atoms with Gasteiger partial charge in [0.05, 0.1) is 28.9 Å². The number of aromatic nitrogens is 3. The number of hydrogen-bond acceptors (Lipinski definition) is 5. The zero-order chi connectivity index (χ0) is 19.8. The van der Waals surface area contributed by atoms with Gasteiger partial charge >= 0.3 is 6.61 Å². The number of hydrogen-bond donors (Lipinski definition) is 2. The van der Waals surface area contributed by atoms with Gasteiger partial charge < -0.3 is 19.1 Å². The summed E-state index contributed by atoms with van der Waals surface area (Å²) in [4.78, 5) is 12.1. The molecule has 1 unspecified atom stereocenters. The van der Waals surface area contributed by atoms with Gasteiger partial charge in [0, 0.05) is 5.56 Å². The Morgan fingerprint density at radius 2 is 2.11 bits per heavy atom. The SMILES string of the molecule is C=CC(O)n1c(-c2ccc(OC(F)F)c(OC3CC3)c2)cc2c(=O)[nH]ncc21. The highest BCUT2D eigenvalue weighted by molar-refractivity contribution is 5.86. The Balaban J connectivity index is 1.88. The number of nitrogens with one attached hydrogen (secondary N) is 1. The number of aliphatic hydroxyl groups is 1. The molecule has 0 bridgehead atoms. The number of benzene rings is 1. The van der Waals surface area contributed by atoms with Gasteiger partial charge in [-0.3, -0.25) is 4.79 Å². The van der Waals surface area contributed by atoms with Crippen molar-refractivity contribution in [1.29, 1.82) is 0 Å². The van der Waals surface area contributed by atoms with Gasteiger partial charge in [0.1, 0.15) is 6.23 Å². The fraction of sp³-hybridized carbons (Fsp3) is 0.263. The second kappa shape index (κ2) is 7.08. The molecule has 146 valence electrons. The van der Waals surface area contributed by atoms with Crippen LogP contribution in [0.1, 0.15) is 19.1 Å². The number of aliphatic hydroxyl groups excluding tert-OH is 1. The molecule has 1 saturated carbocycles. The van der Waals surface area contributed by atoms with Crippen molar-refractivity contribution in [2.75, 3.05) is 0 Å². The van der Waals surface area contributed by atoms with Crippen molar-refractivity contribution in [1.82, 2.24) is 14.8 Å². The van der Waals surface area contributed by atoms with Crippen LogP contribution < -0.4 is 15.0 Å². The minimum Gasteiger partial charge on any atom is -0.487 e. The number of ether oxygens (including phenoxy) is 2. The van der Waals surface area contributed by atoms with Gasteiger partial charge in [-0.1, -0.05) is 6.58 Å². The number of fused-ring (bicyclic) bond motifs is 1. The Kier molecular flexibility index (Phi) is 4.60. The highest BCUT2D eigenvalue weighted by atomic mass is 19.3. The first-order valence-corrected chi connectivity index (χ1v) is 8.63. The van der Waals surface area contributed by atoms with Crippen LogP contribution in [0.25, 0.3) is 22.2 Å². The molecule has 1 fully saturated rings. The van der Waals surface area contributed by atoms with Gasteiger partial charge in [-0.2, -0.15) is 13.9 Å². The minimum atomic E-state index is -2.98. The quantitative estimate of drug-likeness (QED) is 0.606. The summed E-state index contributed by atoms with van der Waals surface area (Å²) in [6.45, 7) is 0.607. The molecule has 0 radical (unpaired) electrons. The zero-order valence-corrected chi connectivity index (χ0v) is 14.6. The van der Waals surface area contributed by atoms with Crippen LogP contribution in [0.15, 0.2) is 47.9 Å². The number of nitrogens with zero attached hydrogens (tertiary/aromatic N) is 2. The molecule has 1 aliphatic carbocycles. The standard InChI is InChI=1S/C19H17F2N3O4/c1-2-17(25)24-13(8-12-14(24)9-22-23-18(12)26)10-3-6-15(28-19(20)21)16(7-10)27-11-4-5-11/h2-3,6-9,11,17,19,25H,1,4-5H2,(H,23,26). The van der Waals surface area contributed by atoms with Crippen LogP contribution in [-0.2, 0) is 0 Å². The third-order valence-electron chi connectivity index (χ3n) is 4.42. The fourth-order valence-electron chi connectivity index (χ4n) is 3.00. The van der Waals surface area contributed by atoms with Crippen molar-refractivity contribution in [2.24, 2.45) is 0 Å². The van der Waals surface area contributed by atoms with Crippen LogP contribution in [-0.4, -0.2) is 32.6 Å². The molecule has 7 nitrogen and oxygen atoms in total. The lowest BCUT2D eigenvalue weighted by atomic mass is 10.1. The van der Waals surface area contributed by atoms with E-state index in [0.29, 0.717) is 22.2 Å². The zero-order valence-electron chi connectivity index (χ0n) is 14.6. The molecule has 0 amide bonds. The summed E-state index contributed by atoms with van der Waals surface area (Å²) in [6.07, 6.45) is 3.25. The van der Waals surface area contributed by atoms with E-state index in [4.69, 9.17) is 4.74 Å². The Morgan fingerprint density at radius 1 is 1.32 bits per heavy atom. The monoisotopic (exact) mass is 389 g/mol. The number of aromatic amines is 1. The number of halogens is 2. The van der Waals surface area contributed by atoms with E-state index in [0.717, 1.165) is 12.8 Å². The molecule has 2 aromatic heterocycles. The first-order chi connectivity index (χ1) is 13.5. The first kappa shape index (κ1) is 18.2. The van der Waals surface area contributed by atoms with E-state index < -0.39 is 18.4 Å². The summed E-state index contributed by atoms with van der Waals surface area (Å²) in [7, 11) is 0. The Hall–Kier alpha value is -3.20. The number of H-pyrrole nitrogens is 1. The molecule has 1 aliphatic rings. The average Bonchev–Trinajstić information content (AvgIpc) is 3.39.